The molecule has 0 heterocycles. The number of nitrogens with one attached hydrogen (secondary N) is 1. The fourth-order valence-corrected chi connectivity index (χ4v) is 2.43. The number of hydrogen-bond donors (Lipinski definition) is 1. The Morgan fingerprint density at radius 1 is 1.33 bits per heavy atom. The normalized spacial score (nSPS) is 14.5. The lowest BCUT2D eigenvalue weighted by atomic mass is 9.91. The molecule has 0 saturated carbocycles. The lowest BCUT2D eigenvalue weighted by Crippen LogP contribution is -2.36. The first-order chi connectivity index (χ1) is 8.58. The molecule has 2 unspecified atom stereocenters. The van der Waals surface area contributed by atoms with Gasteiger partial charge in [0, 0.05) is 6.04 Å². The molecule has 0 amide bonds. The maximum absolute atomic E-state index is 13.4. The number of rotatable bonds is 7. The second-order valence-electron chi connectivity index (χ2n) is 4.88. The second-order valence-corrected chi connectivity index (χ2v) is 5.29. The Balaban J connectivity index is 2.72. The van der Waals surface area contributed by atoms with Gasteiger partial charge in [0.25, 0.3) is 0 Å². The summed E-state index contributed by atoms with van der Waals surface area (Å²) in [6, 6.07) is 5.50. The monoisotopic (exact) mass is 271 g/mol. The van der Waals surface area contributed by atoms with Crippen LogP contribution >= 0.6 is 11.6 Å². The Morgan fingerprint density at radius 3 is 2.61 bits per heavy atom. The molecule has 0 aliphatic carbocycles. The summed E-state index contributed by atoms with van der Waals surface area (Å²) in [7, 11) is 0. The highest BCUT2D eigenvalue weighted by Gasteiger charge is 2.16. The maximum Gasteiger partial charge on any atom is 0.142 e. The van der Waals surface area contributed by atoms with Crippen LogP contribution in [0.5, 0.6) is 0 Å². The molecule has 0 bridgehead atoms. The first kappa shape index (κ1) is 15.5. The molecule has 0 aliphatic heterocycles. The summed E-state index contributed by atoms with van der Waals surface area (Å²) in [6.07, 6.45) is 3.22. The Hall–Kier alpha value is -0.600. The average molecular weight is 272 g/mol. The van der Waals surface area contributed by atoms with Crippen molar-refractivity contribution in [2.24, 2.45) is 5.92 Å². The Kier molecular flexibility index (Phi) is 6.66. The van der Waals surface area contributed by atoms with Crippen molar-refractivity contribution in [3.63, 3.8) is 0 Å². The van der Waals surface area contributed by atoms with Crippen LogP contribution in [0.3, 0.4) is 0 Å². The van der Waals surface area contributed by atoms with E-state index in [0.29, 0.717) is 12.0 Å². The van der Waals surface area contributed by atoms with E-state index < -0.39 is 0 Å². The van der Waals surface area contributed by atoms with Crippen molar-refractivity contribution in [2.75, 3.05) is 6.54 Å². The quantitative estimate of drug-likeness (QED) is 0.773. The van der Waals surface area contributed by atoms with Crippen molar-refractivity contribution >= 4 is 11.6 Å². The number of likely N-dealkylation sites (N-methyl/N-ethyl adjacent to an activating group) is 1. The largest absolute Gasteiger partial charge is 0.314 e. The molecule has 0 spiro atoms. The van der Waals surface area contributed by atoms with Crippen LogP contribution in [0.1, 0.15) is 39.2 Å². The van der Waals surface area contributed by atoms with Crippen molar-refractivity contribution in [3.8, 4) is 0 Å². The minimum atomic E-state index is -0.326. The van der Waals surface area contributed by atoms with Crippen LogP contribution in [-0.4, -0.2) is 12.6 Å². The van der Waals surface area contributed by atoms with Gasteiger partial charge in [0.1, 0.15) is 5.82 Å². The predicted octanol–water partition coefficient (Wildman–Crippen LogP) is 4.44. The van der Waals surface area contributed by atoms with Crippen LogP contribution in [-0.2, 0) is 6.42 Å². The third-order valence-corrected chi connectivity index (χ3v) is 3.64. The molecular weight excluding hydrogens is 249 g/mol. The van der Waals surface area contributed by atoms with Gasteiger partial charge in [-0.1, -0.05) is 44.9 Å². The van der Waals surface area contributed by atoms with Crippen LogP contribution < -0.4 is 5.32 Å². The molecule has 102 valence electrons. The fourth-order valence-electron chi connectivity index (χ4n) is 2.31. The summed E-state index contributed by atoms with van der Waals surface area (Å²) in [4.78, 5) is 0. The summed E-state index contributed by atoms with van der Waals surface area (Å²) in [5.74, 6) is 0.265. The van der Waals surface area contributed by atoms with Gasteiger partial charge in [0.15, 0.2) is 0 Å². The standard InChI is InChI=1S/C15H23ClFN/c1-4-6-11(3)15(18-5-2)10-12-7-8-13(16)14(17)9-12/h7-9,11,15,18H,4-6,10H2,1-3H3. The van der Waals surface area contributed by atoms with E-state index in [1.165, 1.54) is 12.8 Å². The third-order valence-electron chi connectivity index (χ3n) is 3.34. The van der Waals surface area contributed by atoms with Gasteiger partial charge in [-0.25, -0.2) is 4.39 Å². The minimum Gasteiger partial charge on any atom is -0.314 e. The van der Waals surface area contributed by atoms with Gasteiger partial charge in [-0.3, -0.25) is 0 Å². The topological polar surface area (TPSA) is 12.0 Å². The smallest absolute Gasteiger partial charge is 0.142 e. The van der Waals surface area contributed by atoms with Crippen LogP contribution in [0.25, 0.3) is 0 Å². The molecule has 0 aromatic heterocycles. The SMILES string of the molecule is CCCC(C)C(Cc1ccc(Cl)c(F)c1)NCC. The van der Waals surface area contributed by atoms with E-state index in [1.54, 1.807) is 12.1 Å². The lowest BCUT2D eigenvalue weighted by Gasteiger charge is -2.24. The summed E-state index contributed by atoms with van der Waals surface area (Å²) in [6.45, 7) is 7.49. The molecule has 1 aromatic carbocycles. The summed E-state index contributed by atoms with van der Waals surface area (Å²) in [5.41, 5.74) is 1.01. The average Bonchev–Trinajstić information content (AvgIpc) is 2.33. The summed E-state index contributed by atoms with van der Waals surface area (Å²) in [5, 5.41) is 3.69. The van der Waals surface area contributed by atoms with Gasteiger partial charge >= 0.3 is 0 Å². The van der Waals surface area contributed by atoms with Crippen molar-refractivity contribution < 1.29 is 4.39 Å². The molecule has 0 radical (unpaired) electrons. The van der Waals surface area contributed by atoms with E-state index in [1.807, 2.05) is 6.07 Å². The highest BCUT2D eigenvalue weighted by Crippen LogP contribution is 2.19. The van der Waals surface area contributed by atoms with Crippen LogP contribution in [0.15, 0.2) is 18.2 Å². The zero-order valence-corrected chi connectivity index (χ0v) is 12.2. The second kappa shape index (κ2) is 7.75. The third kappa shape index (κ3) is 4.58. The Morgan fingerprint density at radius 2 is 2.06 bits per heavy atom. The molecule has 3 heteroatoms. The Labute approximate surface area is 115 Å². The maximum atomic E-state index is 13.4. The van der Waals surface area contributed by atoms with E-state index in [2.05, 4.69) is 26.1 Å². The molecule has 0 aliphatic rings. The van der Waals surface area contributed by atoms with Crippen molar-refractivity contribution in [1.82, 2.24) is 5.32 Å². The molecule has 18 heavy (non-hydrogen) atoms. The fraction of sp³-hybridized carbons (Fsp3) is 0.600. The van der Waals surface area contributed by atoms with Crippen molar-refractivity contribution in [2.45, 2.75) is 46.1 Å². The minimum absolute atomic E-state index is 0.195. The number of hydrogen-bond acceptors (Lipinski definition) is 1. The molecule has 0 fully saturated rings. The van der Waals surface area contributed by atoms with E-state index in [9.17, 15) is 4.39 Å². The predicted molar refractivity (Wildman–Crippen MR) is 76.7 cm³/mol. The van der Waals surface area contributed by atoms with Gasteiger partial charge in [-0.15, -0.1) is 0 Å². The zero-order valence-electron chi connectivity index (χ0n) is 11.5. The summed E-state index contributed by atoms with van der Waals surface area (Å²) < 4.78 is 13.4. The van der Waals surface area contributed by atoms with E-state index in [4.69, 9.17) is 11.6 Å². The van der Waals surface area contributed by atoms with Gasteiger partial charge in [-0.05, 0) is 43.0 Å². The van der Waals surface area contributed by atoms with Crippen molar-refractivity contribution in [3.05, 3.63) is 34.6 Å². The van der Waals surface area contributed by atoms with E-state index in [-0.39, 0.29) is 10.8 Å². The van der Waals surface area contributed by atoms with Gasteiger partial charge < -0.3 is 5.32 Å². The molecule has 1 N–H and O–H groups in total. The molecule has 1 rings (SSSR count). The highest BCUT2D eigenvalue weighted by atomic mass is 35.5. The van der Waals surface area contributed by atoms with Gasteiger partial charge in [0.2, 0.25) is 0 Å². The number of benzene rings is 1. The molecule has 0 saturated heterocycles. The first-order valence-electron chi connectivity index (χ1n) is 6.75. The van der Waals surface area contributed by atoms with Crippen LogP contribution in [0.2, 0.25) is 5.02 Å². The zero-order chi connectivity index (χ0) is 13.5. The van der Waals surface area contributed by atoms with Gasteiger partial charge in [0.05, 0.1) is 5.02 Å². The Bertz CT molecular complexity index is 368. The molecule has 1 nitrogen and oxygen atoms in total. The van der Waals surface area contributed by atoms with Crippen LogP contribution in [0.4, 0.5) is 4.39 Å². The van der Waals surface area contributed by atoms with Crippen molar-refractivity contribution in [1.29, 1.82) is 0 Å². The highest BCUT2D eigenvalue weighted by molar-refractivity contribution is 6.30. The number of halogens is 2. The lowest BCUT2D eigenvalue weighted by molar-refractivity contribution is 0.357. The molecule has 1 aromatic rings. The van der Waals surface area contributed by atoms with E-state index in [0.717, 1.165) is 18.5 Å². The molecule has 2 atom stereocenters. The van der Waals surface area contributed by atoms with E-state index >= 15 is 0 Å². The summed E-state index contributed by atoms with van der Waals surface area (Å²) >= 11 is 5.70. The van der Waals surface area contributed by atoms with Crippen LogP contribution in [0, 0.1) is 11.7 Å². The molecular formula is C15H23ClFN. The van der Waals surface area contributed by atoms with Gasteiger partial charge in [-0.2, -0.15) is 0 Å². The first-order valence-corrected chi connectivity index (χ1v) is 7.13.